The van der Waals surface area contributed by atoms with Gasteiger partial charge in [0.15, 0.2) is 5.79 Å². The van der Waals surface area contributed by atoms with Crippen LogP contribution in [0.4, 0.5) is 0 Å². The standard InChI is InChI=1S/C16H17NO2/c18-16(19-12-13-7-10-17-11-8-13)9-3-5-14-4-1-2-6-15(14)16/h1-2,4,6-8,10-11,18H,3,5,9,12H2. The largest absolute Gasteiger partial charge is 0.362 e. The first-order valence-corrected chi connectivity index (χ1v) is 6.61. The fourth-order valence-corrected chi connectivity index (χ4v) is 2.60. The molecule has 3 nitrogen and oxygen atoms in total. The third kappa shape index (κ3) is 2.53. The monoisotopic (exact) mass is 255 g/mol. The van der Waals surface area contributed by atoms with Gasteiger partial charge >= 0.3 is 0 Å². The van der Waals surface area contributed by atoms with Gasteiger partial charge in [-0.25, -0.2) is 0 Å². The Bertz CT molecular complexity index is 556. The van der Waals surface area contributed by atoms with Gasteiger partial charge in [-0.1, -0.05) is 24.3 Å². The van der Waals surface area contributed by atoms with E-state index in [2.05, 4.69) is 11.1 Å². The van der Waals surface area contributed by atoms with Gasteiger partial charge in [0, 0.05) is 24.4 Å². The van der Waals surface area contributed by atoms with Crippen LogP contribution in [-0.4, -0.2) is 10.1 Å². The van der Waals surface area contributed by atoms with Gasteiger partial charge in [0.05, 0.1) is 6.61 Å². The summed E-state index contributed by atoms with van der Waals surface area (Å²) in [7, 11) is 0. The van der Waals surface area contributed by atoms with Gasteiger partial charge in [-0.2, -0.15) is 0 Å². The predicted molar refractivity (Wildman–Crippen MR) is 72.3 cm³/mol. The summed E-state index contributed by atoms with van der Waals surface area (Å²) in [6, 6.07) is 11.8. The van der Waals surface area contributed by atoms with Crippen LogP contribution in [0.1, 0.15) is 29.5 Å². The van der Waals surface area contributed by atoms with Crippen molar-refractivity contribution in [3.8, 4) is 0 Å². The topological polar surface area (TPSA) is 42.4 Å². The quantitative estimate of drug-likeness (QED) is 0.857. The van der Waals surface area contributed by atoms with E-state index in [-0.39, 0.29) is 0 Å². The van der Waals surface area contributed by atoms with E-state index in [1.165, 1.54) is 5.56 Å². The first-order valence-electron chi connectivity index (χ1n) is 6.61. The normalized spacial score (nSPS) is 21.9. The predicted octanol–water partition coefficient (Wildman–Crippen LogP) is 2.78. The van der Waals surface area contributed by atoms with Crippen LogP contribution < -0.4 is 0 Å². The van der Waals surface area contributed by atoms with Gasteiger partial charge in [-0.15, -0.1) is 0 Å². The SMILES string of the molecule is OC1(OCc2ccncc2)CCCc2ccccc21. The summed E-state index contributed by atoms with van der Waals surface area (Å²) in [5, 5.41) is 10.7. The van der Waals surface area contributed by atoms with Gasteiger partial charge in [0.1, 0.15) is 0 Å². The fraction of sp³-hybridized carbons (Fsp3) is 0.312. The molecular weight excluding hydrogens is 238 g/mol. The summed E-state index contributed by atoms with van der Waals surface area (Å²) in [6.07, 6.45) is 6.07. The van der Waals surface area contributed by atoms with Crippen molar-refractivity contribution in [2.45, 2.75) is 31.7 Å². The van der Waals surface area contributed by atoms with Crippen LogP contribution in [0.25, 0.3) is 0 Å². The van der Waals surface area contributed by atoms with E-state index in [0.717, 1.165) is 24.0 Å². The fourth-order valence-electron chi connectivity index (χ4n) is 2.60. The molecule has 3 heteroatoms. The Morgan fingerprint density at radius 1 is 1.16 bits per heavy atom. The Balaban J connectivity index is 1.81. The third-order valence-corrected chi connectivity index (χ3v) is 3.63. The van der Waals surface area contributed by atoms with Crippen LogP contribution in [-0.2, 0) is 23.6 Å². The summed E-state index contributed by atoms with van der Waals surface area (Å²) in [5.41, 5.74) is 3.12. The Morgan fingerprint density at radius 3 is 2.79 bits per heavy atom. The number of aliphatic hydroxyl groups is 1. The van der Waals surface area contributed by atoms with E-state index in [4.69, 9.17) is 4.74 Å². The van der Waals surface area contributed by atoms with Crippen molar-refractivity contribution in [3.63, 3.8) is 0 Å². The Morgan fingerprint density at radius 2 is 1.95 bits per heavy atom. The minimum Gasteiger partial charge on any atom is -0.362 e. The molecule has 1 aliphatic rings. The number of nitrogens with zero attached hydrogens (tertiary/aromatic N) is 1. The zero-order valence-corrected chi connectivity index (χ0v) is 10.7. The van der Waals surface area contributed by atoms with Crippen LogP contribution in [0.3, 0.4) is 0 Å². The molecule has 0 saturated heterocycles. The zero-order chi connectivity index (χ0) is 13.1. The summed E-state index contributed by atoms with van der Waals surface area (Å²) < 4.78 is 5.81. The highest BCUT2D eigenvalue weighted by atomic mass is 16.6. The lowest BCUT2D eigenvalue weighted by Crippen LogP contribution is -2.33. The lowest BCUT2D eigenvalue weighted by molar-refractivity contribution is -0.228. The number of rotatable bonds is 3. The summed E-state index contributed by atoms with van der Waals surface area (Å²) >= 11 is 0. The average Bonchev–Trinajstić information content (AvgIpc) is 2.47. The number of hydrogen-bond donors (Lipinski definition) is 1. The first-order chi connectivity index (χ1) is 9.28. The average molecular weight is 255 g/mol. The van der Waals surface area contributed by atoms with Crippen LogP contribution >= 0.6 is 0 Å². The molecule has 2 aromatic rings. The molecule has 1 aromatic heterocycles. The van der Waals surface area contributed by atoms with E-state index < -0.39 is 5.79 Å². The van der Waals surface area contributed by atoms with E-state index in [1.807, 2.05) is 30.3 Å². The highest BCUT2D eigenvalue weighted by Gasteiger charge is 2.35. The number of benzene rings is 1. The van der Waals surface area contributed by atoms with Crippen LogP contribution in [0.15, 0.2) is 48.8 Å². The molecule has 1 aromatic carbocycles. The Kier molecular flexibility index (Phi) is 3.32. The van der Waals surface area contributed by atoms with Crippen LogP contribution in [0.2, 0.25) is 0 Å². The maximum Gasteiger partial charge on any atom is 0.192 e. The molecule has 0 spiro atoms. The van der Waals surface area contributed by atoms with Gasteiger partial charge in [0.2, 0.25) is 0 Å². The Hall–Kier alpha value is -1.71. The van der Waals surface area contributed by atoms with Crippen molar-refractivity contribution in [1.29, 1.82) is 0 Å². The molecule has 1 aliphatic carbocycles. The smallest absolute Gasteiger partial charge is 0.192 e. The molecule has 1 unspecified atom stereocenters. The number of hydrogen-bond acceptors (Lipinski definition) is 3. The maximum absolute atomic E-state index is 10.7. The van der Waals surface area contributed by atoms with Crippen molar-refractivity contribution in [2.24, 2.45) is 0 Å². The molecule has 0 aliphatic heterocycles. The number of ether oxygens (including phenoxy) is 1. The minimum atomic E-state index is -1.15. The molecule has 98 valence electrons. The van der Waals surface area contributed by atoms with Gasteiger partial charge in [-0.3, -0.25) is 4.98 Å². The molecular formula is C16H17NO2. The highest BCUT2D eigenvalue weighted by Crippen LogP contribution is 2.36. The molecule has 1 heterocycles. The van der Waals surface area contributed by atoms with Crippen molar-refractivity contribution in [1.82, 2.24) is 4.98 Å². The van der Waals surface area contributed by atoms with Crippen LogP contribution in [0, 0.1) is 0 Å². The molecule has 0 bridgehead atoms. The second kappa shape index (κ2) is 5.11. The van der Waals surface area contributed by atoms with Crippen molar-refractivity contribution in [2.75, 3.05) is 0 Å². The zero-order valence-electron chi connectivity index (χ0n) is 10.7. The maximum atomic E-state index is 10.7. The van der Waals surface area contributed by atoms with Crippen LogP contribution in [0.5, 0.6) is 0 Å². The second-order valence-corrected chi connectivity index (χ2v) is 4.94. The lowest BCUT2D eigenvalue weighted by atomic mass is 9.86. The van der Waals surface area contributed by atoms with E-state index in [1.54, 1.807) is 12.4 Å². The lowest BCUT2D eigenvalue weighted by Gasteiger charge is -2.34. The third-order valence-electron chi connectivity index (χ3n) is 3.63. The summed E-state index contributed by atoms with van der Waals surface area (Å²) in [6.45, 7) is 0.396. The summed E-state index contributed by atoms with van der Waals surface area (Å²) in [4.78, 5) is 3.98. The van der Waals surface area contributed by atoms with Gasteiger partial charge in [-0.05, 0) is 36.1 Å². The molecule has 0 amide bonds. The molecule has 19 heavy (non-hydrogen) atoms. The molecule has 0 radical (unpaired) electrons. The molecule has 1 atom stereocenters. The number of aryl methyl sites for hydroxylation is 1. The van der Waals surface area contributed by atoms with E-state index in [9.17, 15) is 5.11 Å². The van der Waals surface area contributed by atoms with Gasteiger partial charge in [0.25, 0.3) is 0 Å². The van der Waals surface area contributed by atoms with Crippen molar-refractivity contribution in [3.05, 3.63) is 65.5 Å². The van der Waals surface area contributed by atoms with E-state index >= 15 is 0 Å². The summed E-state index contributed by atoms with van der Waals surface area (Å²) in [5.74, 6) is -1.15. The van der Waals surface area contributed by atoms with Gasteiger partial charge < -0.3 is 9.84 Å². The molecule has 0 saturated carbocycles. The Labute approximate surface area is 112 Å². The van der Waals surface area contributed by atoms with Crippen molar-refractivity contribution < 1.29 is 9.84 Å². The minimum absolute atomic E-state index is 0.396. The number of pyridine rings is 1. The second-order valence-electron chi connectivity index (χ2n) is 4.94. The van der Waals surface area contributed by atoms with E-state index in [0.29, 0.717) is 13.0 Å². The highest BCUT2D eigenvalue weighted by molar-refractivity contribution is 5.33. The molecule has 1 N–H and O–H groups in total. The molecule has 0 fully saturated rings. The first kappa shape index (κ1) is 12.3. The van der Waals surface area contributed by atoms with Crippen molar-refractivity contribution >= 4 is 0 Å². The number of fused-ring (bicyclic) bond motifs is 1. The number of aromatic nitrogens is 1. The molecule has 3 rings (SSSR count).